The van der Waals surface area contributed by atoms with Gasteiger partial charge in [-0.2, -0.15) is 0 Å². The molecule has 0 aromatic heterocycles. The Kier molecular flexibility index (Phi) is 1.38. The zero-order valence-corrected chi connectivity index (χ0v) is 7.14. The minimum absolute atomic E-state index is 0.104. The van der Waals surface area contributed by atoms with Crippen LogP contribution in [0.15, 0.2) is 0 Å². The molecular weight excluding hydrogens is 159 g/mol. The number of hydrogen-bond donors (Lipinski definition) is 0. The summed E-state index contributed by atoms with van der Waals surface area (Å²) in [4.78, 5) is 0. The summed E-state index contributed by atoms with van der Waals surface area (Å²) >= 11 is -0.104. The standard InChI is InChI=1S/C7H13As/c1-3-7-4-2-6-8(7)5-1/h7H,1-6H2. The topological polar surface area (TPSA) is 0 Å². The van der Waals surface area contributed by atoms with Gasteiger partial charge in [-0.25, -0.2) is 0 Å². The number of rotatable bonds is 0. The molecule has 2 aliphatic heterocycles. The van der Waals surface area contributed by atoms with Crippen molar-refractivity contribution in [2.24, 2.45) is 0 Å². The monoisotopic (exact) mass is 172 g/mol. The summed E-state index contributed by atoms with van der Waals surface area (Å²) in [7, 11) is 0. The first-order chi connectivity index (χ1) is 3.97. The van der Waals surface area contributed by atoms with Crippen LogP contribution >= 0.6 is 0 Å². The molecule has 2 rings (SSSR count). The van der Waals surface area contributed by atoms with Crippen molar-refractivity contribution in [3.63, 3.8) is 0 Å². The van der Waals surface area contributed by atoms with Gasteiger partial charge in [-0.3, -0.25) is 0 Å². The van der Waals surface area contributed by atoms with E-state index in [2.05, 4.69) is 0 Å². The SMILES string of the molecule is C1CC2CCC[As]2C1. The van der Waals surface area contributed by atoms with Crippen molar-refractivity contribution in [1.29, 1.82) is 0 Å². The van der Waals surface area contributed by atoms with Crippen molar-refractivity contribution >= 4 is 14.7 Å². The van der Waals surface area contributed by atoms with E-state index >= 15 is 0 Å². The molecule has 0 nitrogen and oxygen atoms in total. The molecule has 2 heterocycles. The Balaban J connectivity index is 2.04. The molecule has 0 aliphatic carbocycles. The van der Waals surface area contributed by atoms with Crippen LogP contribution in [0.25, 0.3) is 0 Å². The molecule has 8 heavy (non-hydrogen) atoms. The second kappa shape index (κ2) is 2.06. The van der Waals surface area contributed by atoms with E-state index in [1.807, 2.05) is 0 Å². The Morgan fingerprint density at radius 1 is 1.00 bits per heavy atom. The number of fused-ring (bicyclic) bond motifs is 1. The molecule has 0 atom stereocenters. The summed E-state index contributed by atoms with van der Waals surface area (Å²) in [5.41, 5.74) is 0. The molecule has 0 N–H and O–H groups in total. The normalized spacial score (nSPS) is 45.0. The van der Waals surface area contributed by atoms with E-state index in [9.17, 15) is 0 Å². The molecular formula is C7H13As. The van der Waals surface area contributed by atoms with Crippen LogP contribution in [0.5, 0.6) is 0 Å². The van der Waals surface area contributed by atoms with Crippen LogP contribution < -0.4 is 0 Å². The van der Waals surface area contributed by atoms with Crippen LogP contribution in [0.2, 0.25) is 15.1 Å². The van der Waals surface area contributed by atoms with E-state index in [0.717, 1.165) is 0 Å². The summed E-state index contributed by atoms with van der Waals surface area (Å²) in [6, 6.07) is 0. The molecule has 2 fully saturated rings. The molecule has 0 bridgehead atoms. The van der Waals surface area contributed by atoms with Crippen molar-refractivity contribution in [3.05, 3.63) is 0 Å². The maximum absolute atomic E-state index is 1.71. The molecule has 0 amide bonds. The Hall–Kier alpha value is 0.558. The van der Waals surface area contributed by atoms with Gasteiger partial charge in [0.2, 0.25) is 0 Å². The van der Waals surface area contributed by atoms with Gasteiger partial charge in [0, 0.05) is 0 Å². The quantitative estimate of drug-likeness (QED) is 0.492. The van der Waals surface area contributed by atoms with Crippen molar-refractivity contribution in [2.45, 2.75) is 40.8 Å². The second-order valence-electron chi connectivity index (χ2n) is 2.97. The molecule has 0 spiro atoms. The Morgan fingerprint density at radius 2 is 1.62 bits per heavy atom. The summed E-state index contributed by atoms with van der Waals surface area (Å²) in [6.45, 7) is 0. The fourth-order valence-corrected chi connectivity index (χ4v) is 8.82. The van der Waals surface area contributed by atoms with Gasteiger partial charge in [0.05, 0.1) is 0 Å². The van der Waals surface area contributed by atoms with Crippen LogP contribution in [0.1, 0.15) is 25.7 Å². The molecule has 2 saturated heterocycles. The van der Waals surface area contributed by atoms with E-state index in [1.54, 1.807) is 36.1 Å². The Bertz CT molecular complexity index is 70.4. The number of hydrogen-bond acceptors (Lipinski definition) is 0. The zero-order chi connectivity index (χ0) is 5.40. The van der Waals surface area contributed by atoms with Gasteiger partial charge >= 0.3 is 55.5 Å². The molecule has 0 saturated carbocycles. The molecule has 0 unspecified atom stereocenters. The molecule has 0 aromatic rings. The molecule has 2 aliphatic rings. The summed E-state index contributed by atoms with van der Waals surface area (Å²) < 4.78 is 1.32. The van der Waals surface area contributed by atoms with Crippen molar-refractivity contribution in [2.75, 3.05) is 0 Å². The van der Waals surface area contributed by atoms with Crippen LogP contribution in [-0.4, -0.2) is 14.7 Å². The first-order valence-electron chi connectivity index (χ1n) is 3.71. The van der Waals surface area contributed by atoms with E-state index in [4.69, 9.17) is 0 Å². The maximum atomic E-state index is 1.71. The predicted molar refractivity (Wildman–Crippen MR) is 37.6 cm³/mol. The van der Waals surface area contributed by atoms with Gasteiger partial charge in [-0.05, 0) is 0 Å². The van der Waals surface area contributed by atoms with E-state index < -0.39 is 0 Å². The van der Waals surface area contributed by atoms with Crippen LogP contribution in [-0.2, 0) is 0 Å². The zero-order valence-electron chi connectivity index (χ0n) is 5.27. The minimum atomic E-state index is -0.104. The first-order valence-corrected chi connectivity index (χ1v) is 7.44. The molecule has 0 aromatic carbocycles. The second-order valence-corrected chi connectivity index (χ2v) is 8.85. The summed E-state index contributed by atoms with van der Waals surface area (Å²) in [6.07, 6.45) is 6.45. The van der Waals surface area contributed by atoms with Crippen molar-refractivity contribution in [3.8, 4) is 0 Å². The van der Waals surface area contributed by atoms with E-state index in [0.29, 0.717) is 0 Å². The van der Waals surface area contributed by atoms with Crippen molar-refractivity contribution < 1.29 is 0 Å². The van der Waals surface area contributed by atoms with Gasteiger partial charge in [0.1, 0.15) is 0 Å². The predicted octanol–water partition coefficient (Wildman–Crippen LogP) is 2.44. The van der Waals surface area contributed by atoms with Gasteiger partial charge in [-0.1, -0.05) is 0 Å². The van der Waals surface area contributed by atoms with Gasteiger partial charge in [-0.15, -0.1) is 0 Å². The molecule has 46 valence electrons. The van der Waals surface area contributed by atoms with Crippen LogP contribution in [0.3, 0.4) is 0 Å². The van der Waals surface area contributed by atoms with Crippen LogP contribution in [0, 0.1) is 0 Å². The van der Waals surface area contributed by atoms with E-state index in [1.165, 1.54) is 4.71 Å². The molecule has 0 radical (unpaired) electrons. The molecule has 1 heteroatoms. The third-order valence-corrected chi connectivity index (χ3v) is 9.47. The third-order valence-electron chi connectivity index (χ3n) is 2.48. The Labute approximate surface area is 55.9 Å². The van der Waals surface area contributed by atoms with Gasteiger partial charge in [0.25, 0.3) is 0 Å². The summed E-state index contributed by atoms with van der Waals surface area (Å²) in [5.74, 6) is 0. The summed E-state index contributed by atoms with van der Waals surface area (Å²) in [5, 5.41) is 3.41. The fourth-order valence-electron chi connectivity index (χ4n) is 2.05. The average Bonchev–Trinajstić information content (AvgIpc) is 2.15. The van der Waals surface area contributed by atoms with Gasteiger partial charge in [0.15, 0.2) is 0 Å². The fraction of sp³-hybridized carbons (Fsp3) is 1.00. The van der Waals surface area contributed by atoms with Crippen LogP contribution in [0.4, 0.5) is 0 Å². The third kappa shape index (κ3) is 0.739. The Morgan fingerprint density at radius 3 is 2.12 bits per heavy atom. The first kappa shape index (κ1) is 5.35. The van der Waals surface area contributed by atoms with E-state index in [-0.39, 0.29) is 14.7 Å². The van der Waals surface area contributed by atoms with Crippen molar-refractivity contribution in [1.82, 2.24) is 0 Å². The average molecular weight is 172 g/mol. The van der Waals surface area contributed by atoms with Gasteiger partial charge < -0.3 is 0 Å².